The van der Waals surface area contributed by atoms with Crippen LogP contribution in [-0.4, -0.2) is 69.0 Å². The first-order valence-electron chi connectivity index (χ1n) is 8.68. The van der Waals surface area contributed by atoms with E-state index >= 15 is 0 Å². The molecular weight excluding hydrogens is 339 g/mol. The van der Waals surface area contributed by atoms with Crippen molar-refractivity contribution in [2.45, 2.75) is 43.6 Å². The summed E-state index contributed by atoms with van der Waals surface area (Å²) in [5, 5.41) is 46.8. The van der Waals surface area contributed by atoms with E-state index in [1.165, 1.54) is 12.1 Å². The molecule has 0 spiro atoms. The Morgan fingerprint density at radius 1 is 1.31 bits per heavy atom. The minimum Gasteiger partial charge on any atom is -0.508 e. The average molecular weight is 368 g/mol. The SMILES string of the molecule is CN(CCC(N)(CCCCB(O)O)C(=O)O)C[C@@H](O)c1cccc(O)c1. The molecule has 1 unspecified atom stereocenters. The molecular formula is C17H29BN2O6. The molecule has 1 aromatic rings. The molecule has 0 aromatic heterocycles. The summed E-state index contributed by atoms with van der Waals surface area (Å²) in [6, 6.07) is 6.36. The number of hydrogen-bond acceptors (Lipinski definition) is 7. The van der Waals surface area contributed by atoms with Crippen molar-refractivity contribution in [1.29, 1.82) is 0 Å². The molecule has 0 fully saturated rings. The number of benzene rings is 1. The Kier molecular flexibility index (Phi) is 9.04. The smallest absolute Gasteiger partial charge is 0.451 e. The molecule has 0 aliphatic heterocycles. The third-order valence-corrected chi connectivity index (χ3v) is 4.44. The number of phenols is 1. The lowest BCUT2D eigenvalue weighted by molar-refractivity contribution is -0.144. The van der Waals surface area contributed by atoms with Crippen LogP contribution >= 0.6 is 0 Å². The van der Waals surface area contributed by atoms with Crippen molar-refractivity contribution < 1.29 is 30.2 Å². The second kappa shape index (κ2) is 10.5. The third kappa shape index (κ3) is 7.71. The molecule has 1 rings (SSSR count). The molecule has 9 heteroatoms. The zero-order valence-corrected chi connectivity index (χ0v) is 15.1. The minimum atomic E-state index is -1.40. The summed E-state index contributed by atoms with van der Waals surface area (Å²) in [6.45, 7) is 0.650. The second-order valence-corrected chi connectivity index (χ2v) is 6.81. The summed E-state index contributed by atoms with van der Waals surface area (Å²) in [6.07, 6.45) is 0.776. The number of nitrogens with two attached hydrogens (primary N) is 1. The summed E-state index contributed by atoms with van der Waals surface area (Å²) < 4.78 is 0. The van der Waals surface area contributed by atoms with E-state index in [-0.39, 0.29) is 31.5 Å². The van der Waals surface area contributed by atoms with E-state index in [0.717, 1.165) is 0 Å². The van der Waals surface area contributed by atoms with Gasteiger partial charge in [-0.25, -0.2) is 0 Å². The molecule has 2 atom stereocenters. The predicted molar refractivity (Wildman–Crippen MR) is 98.6 cm³/mol. The molecule has 0 aliphatic rings. The van der Waals surface area contributed by atoms with E-state index in [1.807, 2.05) is 0 Å². The highest BCUT2D eigenvalue weighted by molar-refractivity contribution is 6.40. The molecule has 7 N–H and O–H groups in total. The van der Waals surface area contributed by atoms with E-state index in [0.29, 0.717) is 24.9 Å². The first-order chi connectivity index (χ1) is 12.1. The summed E-state index contributed by atoms with van der Waals surface area (Å²) >= 11 is 0. The molecule has 0 saturated heterocycles. The third-order valence-electron chi connectivity index (χ3n) is 4.44. The van der Waals surface area contributed by atoms with Gasteiger partial charge in [-0.05, 0) is 43.9 Å². The van der Waals surface area contributed by atoms with Gasteiger partial charge >= 0.3 is 13.1 Å². The van der Waals surface area contributed by atoms with E-state index in [1.54, 1.807) is 24.1 Å². The Labute approximate surface area is 154 Å². The van der Waals surface area contributed by atoms with Gasteiger partial charge in [-0.15, -0.1) is 0 Å². The van der Waals surface area contributed by atoms with E-state index in [2.05, 4.69) is 0 Å². The second-order valence-electron chi connectivity index (χ2n) is 6.81. The Morgan fingerprint density at radius 2 is 2.00 bits per heavy atom. The normalized spacial score (nSPS) is 14.8. The highest BCUT2D eigenvalue weighted by atomic mass is 16.4. The molecule has 8 nitrogen and oxygen atoms in total. The number of likely N-dealkylation sites (N-methyl/N-ethyl adjacent to an activating group) is 1. The first-order valence-corrected chi connectivity index (χ1v) is 8.68. The first kappa shape index (κ1) is 22.4. The number of aliphatic hydroxyl groups excluding tert-OH is 1. The maximum Gasteiger partial charge on any atom is 0.451 e. The van der Waals surface area contributed by atoms with Crippen LogP contribution < -0.4 is 5.73 Å². The fourth-order valence-corrected chi connectivity index (χ4v) is 2.72. The van der Waals surface area contributed by atoms with E-state index < -0.39 is 24.7 Å². The highest BCUT2D eigenvalue weighted by Crippen LogP contribution is 2.21. The fourth-order valence-electron chi connectivity index (χ4n) is 2.72. The molecule has 0 aliphatic carbocycles. The Bertz CT molecular complexity index is 574. The number of unbranched alkanes of at least 4 members (excludes halogenated alkanes) is 1. The monoisotopic (exact) mass is 368 g/mol. The van der Waals surface area contributed by atoms with Crippen LogP contribution in [0.25, 0.3) is 0 Å². The highest BCUT2D eigenvalue weighted by Gasteiger charge is 2.33. The number of carboxylic acids is 1. The van der Waals surface area contributed by atoms with Crippen LogP contribution in [0.1, 0.15) is 37.4 Å². The largest absolute Gasteiger partial charge is 0.508 e. The fraction of sp³-hybridized carbons (Fsp3) is 0.588. The molecule has 0 radical (unpaired) electrons. The predicted octanol–water partition coefficient (Wildman–Crippen LogP) is 0.173. The number of aliphatic hydroxyl groups is 1. The van der Waals surface area contributed by atoms with Crippen molar-refractivity contribution in [3.8, 4) is 5.75 Å². The molecule has 0 heterocycles. The molecule has 0 saturated carbocycles. The summed E-state index contributed by atoms with van der Waals surface area (Å²) in [5.74, 6) is -1.02. The number of aliphatic carboxylic acids is 1. The minimum absolute atomic E-state index is 0.0732. The van der Waals surface area contributed by atoms with E-state index in [9.17, 15) is 20.1 Å². The Hall–Kier alpha value is -1.65. The van der Waals surface area contributed by atoms with Gasteiger partial charge in [0, 0.05) is 13.1 Å². The molecule has 26 heavy (non-hydrogen) atoms. The van der Waals surface area contributed by atoms with Crippen molar-refractivity contribution in [2.24, 2.45) is 5.73 Å². The van der Waals surface area contributed by atoms with Gasteiger partial charge in [0.05, 0.1) is 6.10 Å². The number of carboxylic acid groups (broad SMARTS) is 1. The topological polar surface area (TPSA) is 147 Å². The van der Waals surface area contributed by atoms with Crippen molar-refractivity contribution >= 4 is 13.1 Å². The van der Waals surface area contributed by atoms with Crippen LogP contribution in [0.2, 0.25) is 6.32 Å². The van der Waals surface area contributed by atoms with Crippen LogP contribution in [0.15, 0.2) is 24.3 Å². The van der Waals surface area contributed by atoms with Gasteiger partial charge < -0.3 is 36.0 Å². The number of nitrogens with zero attached hydrogens (tertiary/aromatic N) is 1. The van der Waals surface area contributed by atoms with Gasteiger partial charge in [-0.1, -0.05) is 25.0 Å². The number of phenolic OH excluding ortho intramolecular Hbond substituents is 1. The molecule has 1 aromatic carbocycles. The van der Waals surface area contributed by atoms with Crippen LogP contribution in [0.3, 0.4) is 0 Å². The van der Waals surface area contributed by atoms with Crippen molar-refractivity contribution in [2.75, 3.05) is 20.1 Å². The lowest BCUT2D eigenvalue weighted by Gasteiger charge is -2.28. The van der Waals surface area contributed by atoms with Crippen LogP contribution in [-0.2, 0) is 4.79 Å². The number of carbonyl (C=O) groups is 1. The lowest BCUT2D eigenvalue weighted by Crippen LogP contribution is -2.50. The molecule has 0 amide bonds. The van der Waals surface area contributed by atoms with Crippen molar-refractivity contribution in [3.63, 3.8) is 0 Å². The van der Waals surface area contributed by atoms with Crippen LogP contribution in [0, 0.1) is 0 Å². The van der Waals surface area contributed by atoms with E-state index in [4.69, 9.17) is 15.8 Å². The van der Waals surface area contributed by atoms with Gasteiger partial charge in [0.2, 0.25) is 0 Å². The maximum absolute atomic E-state index is 11.5. The van der Waals surface area contributed by atoms with Crippen molar-refractivity contribution in [1.82, 2.24) is 4.90 Å². The lowest BCUT2D eigenvalue weighted by atomic mass is 9.81. The Balaban J connectivity index is 2.50. The number of rotatable bonds is 12. The van der Waals surface area contributed by atoms with Gasteiger partial charge in [0.15, 0.2) is 0 Å². The van der Waals surface area contributed by atoms with Gasteiger partial charge in [0.25, 0.3) is 0 Å². The maximum atomic E-state index is 11.5. The van der Waals surface area contributed by atoms with Crippen LogP contribution in [0.4, 0.5) is 0 Å². The van der Waals surface area contributed by atoms with Gasteiger partial charge in [0.1, 0.15) is 11.3 Å². The summed E-state index contributed by atoms with van der Waals surface area (Å²) in [5.41, 5.74) is 5.20. The average Bonchev–Trinajstić information content (AvgIpc) is 2.56. The standard InChI is InChI=1S/C17H29BN2O6/c1-20(12-15(22)13-5-4-6-14(21)11-13)10-8-17(19,16(23)24)7-2-3-9-18(25)26/h4-6,11,15,21-22,25-26H,2-3,7-10,12,19H2,1H3,(H,23,24)/t15-,17?/m1/s1. The van der Waals surface area contributed by atoms with Crippen molar-refractivity contribution in [3.05, 3.63) is 29.8 Å². The zero-order chi connectivity index (χ0) is 19.7. The van der Waals surface area contributed by atoms with Crippen LogP contribution in [0.5, 0.6) is 5.75 Å². The summed E-state index contributed by atoms with van der Waals surface area (Å²) in [7, 11) is 0.369. The summed E-state index contributed by atoms with van der Waals surface area (Å²) in [4.78, 5) is 13.3. The number of aromatic hydroxyl groups is 1. The number of hydrogen-bond donors (Lipinski definition) is 6. The zero-order valence-electron chi connectivity index (χ0n) is 15.1. The molecule has 0 bridgehead atoms. The molecule has 146 valence electrons. The van der Waals surface area contributed by atoms with Gasteiger partial charge in [-0.2, -0.15) is 0 Å². The van der Waals surface area contributed by atoms with Gasteiger partial charge in [-0.3, -0.25) is 4.79 Å². The quantitative estimate of drug-likeness (QED) is 0.226. The Morgan fingerprint density at radius 3 is 2.58 bits per heavy atom.